The van der Waals surface area contributed by atoms with Crippen LogP contribution in [0.5, 0.6) is 17.2 Å². The molecule has 1 N–H and O–H groups in total. The Morgan fingerprint density at radius 1 is 1.14 bits per heavy atom. The van der Waals surface area contributed by atoms with Crippen molar-refractivity contribution in [2.24, 2.45) is 4.99 Å². The number of amides is 1. The van der Waals surface area contributed by atoms with Gasteiger partial charge in [0.1, 0.15) is 12.4 Å². The Morgan fingerprint density at radius 2 is 1.88 bits per heavy atom. The number of carbonyl (C=O) groups is 1. The number of allylic oxidation sites excluding steroid dienone is 1. The highest BCUT2D eigenvalue weighted by Crippen LogP contribution is 2.34. The molecule has 10 heteroatoms. The molecule has 1 amide bonds. The summed E-state index contributed by atoms with van der Waals surface area (Å²) in [4.78, 5) is 32.9. The second-order valence-electron chi connectivity index (χ2n) is 9.20. The molecular formula is C32H26IN3O5S. The number of hydrogen-bond donors (Lipinski definition) is 1. The van der Waals surface area contributed by atoms with Crippen LogP contribution in [0.3, 0.4) is 0 Å². The summed E-state index contributed by atoms with van der Waals surface area (Å²) in [6.45, 7) is 1.89. The second-order valence-corrected chi connectivity index (χ2v) is 11.4. The summed E-state index contributed by atoms with van der Waals surface area (Å²) < 4.78 is 19.4. The van der Waals surface area contributed by atoms with Crippen LogP contribution in [0.1, 0.15) is 24.1 Å². The molecule has 0 fully saturated rings. The fraction of sp³-hybridized carbons (Fsp3) is 0.156. The molecule has 0 radical (unpaired) electrons. The molecule has 0 bridgehead atoms. The highest BCUT2D eigenvalue weighted by atomic mass is 127. The smallest absolute Gasteiger partial charge is 0.271 e. The third-order valence-corrected chi connectivity index (χ3v) is 8.36. The number of methoxy groups -OCH3 is 2. The molecule has 0 saturated carbocycles. The van der Waals surface area contributed by atoms with Crippen LogP contribution in [0, 0.1) is 15.9 Å². The number of nitrogens with one attached hydrogen (secondary N) is 1. The van der Waals surface area contributed by atoms with E-state index in [0.717, 1.165) is 14.7 Å². The number of para-hydroxylation sites is 1. The number of thiazole rings is 1. The van der Waals surface area contributed by atoms with Crippen molar-refractivity contribution in [3.63, 3.8) is 0 Å². The zero-order chi connectivity index (χ0) is 29.8. The number of aromatic nitrogens is 1. The lowest BCUT2D eigenvalue weighted by Crippen LogP contribution is -2.40. The zero-order valence-electron chi connectivity index (χ0n) is 23.0. The third-order valence-electron chi connectivity index (χ3n) is 6.58. The van der Waals surface area contributed by atoms with E-state index in [-0.39, 0.29) is 18.1 Å². The number of anilines is 1. The molecule has 0 spiro atoms. The van der Waals surface area contributed by atoms with Gasteiger partial charge >= 0.3 is 0 Å². The molecular weight excluding hydrogens is 665 g/mol. The molecule has 1 atom stereocenters. The number of rotatable bonds is 8. The van der Waals surface area contributed by atoms with E-state index in [0.29, 0.717) is 43.5 Å². The number of hydrogen-bond acceptors (Lipinski definition) is 7. The van der Waals surface area contributed by atoms with Gasteiger partial charge in [-0.1, -0.05) is 47.6 Å². The van der Waals surface area contributed by atoms with Gasteiger partial charge < -0.3 is 19.5 Å². The Hall–Kier alpha value is -4.34. The van der Waals surface area contributed by atoms with Crippen molar-refractivity contribution in [3.05, 3.63) is 112 Å². The van der Waals surface area contributed by atoms with Crippen LogP contribution in [0.15, 0.2) is 87.8 Å². The van der Waals surface area contributed by atoms with Crippen LogP contribution in [-0.4, -0.2) is 31.3 Å². The summed E-state index contributed by atoms with van der Waals surface area (Å²) in [5.41, 5.74) is 2.79. The normalized spacial score (nSPS) is 14.5. The maximum absolute atomic E-state index is 14.0. The van der Waals surface area contributed by atoms with E-state index in [2.05, 4.69) is 33.8 Å². The molecule has 1 aliphatic heterocycles. The molecule has 2 heterocycles. The topological polar surface area (TPSA) is 91.2 Å². The van der Waals surface area contributed by atoms with Gasteiger partial charge in [0.25, 0.3) is 11.5 Å². The quantitative estimate of drug-likeness (QED) is 0.217. The van der Waals surface area contributed by atoms with Crippen LogP contribution in [0.2, 0.25) is 0 Å². The van der Waals surface area contributed by atoms with Gasteiger partial charge in [-0.25, -0.2) is 4.99 Å². The van der Waals surface area contributed by atoms with Crippen molar-refractivity contribution >= 4 is 51.6 Å². The highest BCUT2D eigenvalue weighted by Gasteiger charge is 2.32. The summed E-state index contributed by atoms with van der Waals surface area (Å²) in [7, 11) is 3.14. The molecule has 212 valence electrons. The second kappa shape index (κ2) is 12.7. The van der Waals surface area contributed by atoms with Crippen LogP contribution >= 0.6 is 33.9 Å². The van der Waals surface area contributed by atoms with E-state index in [4.69, 9.17) is 25.6 Å². The van der Waals surface area contributed by atoms with Crippen molar-refractivity contribution in [1.29, 1.82) is 0 Å². The molecule has 1 aromatic heterocycles. The lowest BCUT2D eigenvalue weighted by Gasteiger charge is -2.25. The van der Waals surface area contributed by atoms with E-state index in [9.17, 15) is 9.59 Å². The average Bonchev–Trinajstić information content (AvgIpc) is 3.29. The summed E-state index contributed by atoms with van der Waals surface area (Å²) in [6.07, 6.45) is 7.14. The average molecular weight is 692 g/mol. The first-order valence-corrected chi connectivity index (χ1v) is 14.7. The minimum Gasteiger partial charge on any atom is -0.497 e. The predicted octanol–water partition coefficient (Wildman–Crippen LogP) is 4.51. The number of carbonyl (C=O) groups excluding carboxylic acids is 1. The van der Waals surface area contributed by atoms with E-state index in [1.54, 1.807) is 37.9 Å². The van der Waals surface area contributed by atoms with Crippen LogP contribution in [-0.2, 0) is 4.79 Å². The van der Waals surface area contributed by atoms with Crippen molar-refractivity contribution in [2.75, 3.05) is 26.1 Å². The fourth-order valence-electron chi connectivity index (χ4n) is 4.66. The highest BCUT2D eigenvalue weighted by molar-refractivity contribution is 14.1. The minimum absolute atomic E-state index is 0.106. The van der Waals surface area contributed by atoms with Gasteiger partial charge in [-0.05, 0) is 83.1 Å². The van der Waals surface area contributed by atoms with Gasteiger partial charge in [0.05, 0.1) is 39.6 Å². The Balaban J connectivity index is 1.65. The molecule has 5 rings (SSSR count). The third kappa shape index (κ3) is 5.84. The Bertz CT molecular complexity index is 1900. The van der Waals surface area contributed by atoms with Gasteiger partial charge in [0.2, 0.25) is 0 Å². The van der Waals surface area contributed by atoms with Gasteiger partial charge in [0.15, 0.2) is 16.3 Å². The standard InChI is InChI=1S/C32H26IN3O5S/c1-5-15-41-29-24(33)16-20(17-25(29)40-4)18-26-31(38)36-28(21-11-13-23(39-3)14-12-21)27(19(2)34-32(36)42-26)30(37)35-22-9-7-6-8-10-22/h1,6-14,16-18,28H,15H2,2-4H3,(H,35,37)/b26-18+/t28-/m1/s1. The first kappa shape index (κ1) is 29.2. The first-order valence-electron chi connectivity index (χ1n) is 12.8. The Morgan fingerprint density at radius 3 is 2.55 bits per heavy atom. The van der Waals surface area contributed by atoms with Crippen molar-refractivity contribution in [2.45, 2.75) is 13.0 Å². The molecule has 42 heavy (non-hydrogen) atoms. The predicted molar refractivity (Wildman–Crippen MR) is 172 cm³/mol. The molecule has 1 aliphatic rings. The summed E-state index contributed by atoms with van der Waals surface area (Å²) in [5.74, 6) is 3.83. The Labute approximate surface area is 260 Å². The van der Waals surface area contributed by atoms with E-state index in [1.165, 1.54) is 11.3 Å². The molecule has 0 saturated heterocycles. The number of benzene rings is 3. The summed E-state index contributed by atoms with van der Waals surface area (Å²) in [6, 6.07) is 19.5. The molecule has 4 aromatic rings. The number of ether oxygens (including phenoxy) is 3. The van der Waals surface area contributed by atoms with Gasteiger partial charge in [0, 0.05) is 5.69 Å². The first-order chi connectivity index (χ1) is 20.3. The van der Waals surface area contributed by atoms with E-state index < -0.39 is 6.04 Å². The fourth-order valence-corrected chi connectivity index (χ4v) is 6.49. The van der Waals surface area contributed by atoms with Gasteiger partial charge in [-0.15, -0.1) is 6.42 Å². The van der Waals surface area contributed by atoms with E-state index >= 15 is 0 Å². The van der Waals surface area contributed by atoms with Gasteiger partial charge in [-0.2, -0.15) is 0 Å². The summed E-state index contributed by atoms with van der Waals surface area (Å²) >= 11 is 3.41. The SMILES string of the molecule is C#CCOc1c(I)cc(/C=c2/sc3n(c2=O)[C@H](c2ccc(OC)cc2)C(C(=O)Nc2ccccc2)=C(C)N=3)cc1OC. The van der Waals surface area contributed by atoms with E-state index in [1.807, 2.05) is 60.7 Å². The summed E-state index contributed by atoms with van der Waals surface area (Å²) in [5, 5.41) is 2.96. The molecule has 0 aliphatic carbocycles. The number of halogens is 1. The molecule has 3 aromatic carbocycles. The van der Waals surface area contributed by atoms with Crippen LogP contribution in [0.4, 0.5) is 5.69 Å². The monoisotopic (exact) mass is 691 g/mol. The van der Waals surface area contributed by atoms with Crippen molar-refractivity contribution < 1.29 is 19.0 Å². The number of fused-ring (bicyclic) bond motifs is 1. The number of terminal acetylenes is 1. The molecule has 8 nitrogen and oxygen atoms in total. The zero-order valence-corrected chi connectivity index (χ0v) is 26.0. The van der Waals surface area contributed by atoms with Gasteiger partial charge in [-0.3, -0.25) is 14.2 Å². The van der Waals surface area contributed by atoms with Crippen molar-refractivity contribution in [1.82, 2.24) is 4.57 Å². The lowest BCUT2D eigenvalue weighted by molar-refractivity contribution is -0.113. The maximum atomic E-state index is 14.0. The van der Waals surface area contributed by atoms with Crippen LogP contribution < -0.4 is 34.4 Å². The largest absolute Gasteiger partial charge is 0.497 e. The van der Waals surface area contributed by atoms with Crippen molar-refractivity contribution in [3.8, 4) is 29.6 Å². The lowest BCUT2D eigenvalue weighted by atomic mass is 9.95. The number of nitrogens with zero attached hydrogens (tertiary/aromatic N) is 2. The Kier molecular flexibility index (Phi) is 8.80. The maximum Gasteiger partial charge on any atom is 0.271 e. The minimum atomic E-state index is -0.702. The van der Waals surface area contributed by atoms with Crippen LogP contribution in [0.25, 0.3) is 6.08 Å². The molecule has 0 unspecified atom stereocenters.